The van der Waals surface area contributed by atoms with Crippen molar-refractivity contribution in [3.8, 4) is 5.75 Å². The lowest BCUT2D eigenvalue weighted by molar-refractivity contribution is -0.0727. The second-order valence-corrected chi connectivity index (χ2v) is 5.90. The first-order valence-electron chi connectivity index (χ1n) is 7.38. The number of aliphatic hydroxyl groups is 1. The van der Waals surface area contributed by atoms with Crippen LogP contribution in [0.4, 0.5) is 0 Å². The molecule has 0 radical (unpaired) electrons. The van der Waals surface area contributed by atoms with Crippen molar-refractivity contribution in [1.82, 2.24) is 4.98 Å². The molecule has 0 amide bonds. The number of carbonyl (C=O) groups is 1. The molecule has 0 saturated heterocycles. The summed E-state index contributed by atoms with van der Waals surface area (Å²) in [5.74, 6) is -0.904. The van der Waals surface area contributed by atoms with Gasteiger partial charge in [0.1, 0.15) is 6.61 Å². The summed E-state index contributed by atoms with van der Waals surface area (Å²) in [6, 6.07) is 9.22. The molecule has 2 rings (SSSR count). The van der Waals surface area contributed by atoms with Crippen molar-refractivity contribution >= 4 is 21.9 Å². The van der Waals surface area contributed by atoms with Crippen LogP contribution in [-0.2, 0) is 22.5 Å². The molecule has 25 heavy (non-hydrogen) atoms. The maximum absolute atomic E-state index is 12.6. The normalized spacial score (nSPS) is 11.8. The minimum atomic E-state index is -1.13. The Hall–Kier alpha value is -2.16. The van der Waals surface area contributed by atoms with Crippen LogP contribution in [0.2, 0.25) is 0 Å². The fraction of sp³-hybridized carbons (Fsp3) is 0.294. The standard InChI is InChI=1S/C17H18BrNO6/c1-23-12(20)8-11-13(18)15(21)16(14(19-11)17(22)24-2)25-9-10-6-4-3-5-7-10/h3-7,12,20H,8-9H2,1-2H3,(H,19,21). The first-order valence-corrected chi connectivity index (χ1v) is 8.17. The third-order valence-electron chi connectivity index (χ3n) is 3.44. The lowest BCUT2D eigenvalue weighted by Gasteiger charge is -2.15. The molecule has 0 aliphatic rings. The van der Waals surface area contributed by atoms with E-state index in [1.807, 2.05) is 30.3 Å². The molecule has 2 N–H and O–H groups in total. The van der Waals surface area contributed by atoms with Crippen LogP contribution in [0.15, 0.2) is 39.6 Å². The Bertz CT molecular complexity index is 790. The number of hydrogen-bond acceptors (Lipinski definition) is 6. The van der Waals surface area contributed by atoms with E-state index in [2.05, 4.69) is 20.9 Å². The van der Waals surface area contributed by atoms with Crippen LogP contribution < -0.4 is 10.2 Å². The Balaban J connectivity index is 2.41. The second-order valence-electron chi connectivity index (χ2n) is 5.11. The number of aromatic nitrogens is 1. The number of aromatic amines is 1. The van der Waals surface area contributed by atoms with Crippen molar-refractivity contribution in [2.24, 2.45) is 0 Å². The predicted molar refractivity (Wildman–Crippen MR) is 93.6 cm³/mol. The molecule has 134 valence electrons. The number of aliphatic hydroxyl groups excluding tert-OH is 1. The van der Waals surface area contributed by atoms with Crippen molar-refractivity contribution in [1.29, 1.82) is 0 Å². The molecule has 1 aromatic heterocycles. The highest BCUT2D eigenvalue weighted by molar-refractivity contribution is 9.10. The number of halogens is 1. The molecule has 1 heterocycles. The number of hydrogen-bond donors (Lipinski definition) is 2. The van der Waals surface area contributed by atoms with Crippen molar-refractivity contribution in [3.05, 3.63) is 62.0 Å². The van der Waals surface area contributed by atoms with Crippen molar-refractivity contribution in [2.75, 3.05) is 14.2 Å². The van der Waals surface area contributed by atoms with Gasteiger partial charge in [0.15, 0.2) is 17.7 Å². The number of esters is 1. The first-order chi connectivity index (χ1) is 12.0. The van der Waals surface area contributed by atoms with Crippen molar-refractivity contribution < 1.29 is 24.1 Å². The molecule has 1 atom stereocenters. The van der Waals surface area contributed by atoms with Gasteiger partial charge in [0.05, 0.1) is 11.6 Å². The topological polar surface area (TPSA) is 97.9 Å². The van der Waals surface area contributed by atoms with Gasteiger partial charge in [-0.05, 0) is 21.5 Å². The van der Waals surface area contributed by atoms with Gasteiger partial charge in [-0.2, -0.15) is 0 Å². The molecule has 0 aliphatic carbocycles. The zero-order chi connectivity index (χ0) is 18.4. The zero-order valence-electron chi connectivity index (χ0n) is 13.7. The number of H-pyrrole nitrogens is 1. The van der Waals surface area contributed by atoms with Crippen LogP contribution in [0.25, 0.3) is 0 Å². The average molecular weight is 412 g/mol. The molecule has 0 spiro atoms. The summed E-state index contributed by atoms with van der Waals surface area (Å²) in [5, 5.41) is 9.62. The average Bonchev–Trinajstić information content (AvgIpc) is 2.64. The van der Waals surface area contributed by atoms with Gasteiger partial charge in [0.2, 0.25) is 5.43 Å². The summed E-state index contributed by atoms with van der Waals surface area (Å²) in [5.41, 5.74) is 0.498. The highest BCUT2D eigenvalue weighted by atomic mass is 79.9. The highest BCUT2D eigenvalue weighted by Crippen LogP contribution is 2.22. The molecule has 0 bridgehead atoms. The summed E-state index contributed by atoms with van der Waals surface area (Å²) >= 11 is 3.18. The number of nitrogens with one attached hydrogen (secondary N) is 1. The Morgan fingerprint density at radius 2 is 1.96 bits per heavy atom. The fourth-order valence-corrected chi connectivity index (χ4v) is 2.57. The number of methoxy groups -OCH3 is 2. The van der Waals surface area contributed by atoms with E-state index in [0.717, 1.165) is 5.56 Å². The third kappa shape index (κ3) is 4.68. The van der Waals surface area contributed by atoms with Crippen LogP contribution in [0.3, 0.4) is 0 Å². The summed E-state index contributed by atoms with van der Waals surface area (Å²) in [6.07, 6.45) is -1.15. The monoisotopic (exact) mass is 411 g/mol. The Morgan fingerprint density at radius 3 is 2.56 bits per heavy atom. The van der Waals surface area contributed by atoms with Gasteiger partial charge in [-0.1, -0.05) is 30.3 Å². The van der Waals surface area contributed by atoms with Gasteiger partial charge >= 0.3 is 5.97 Å². The number of rotatable bonds is 7. The number of carbonyl (C=O) groups excluding carboxylic acids is 1. The van der Waals surface area contributed by atoms with E-state index in [-0.39, 0.29) is 28.9 Å². The van der Waals surface area contributed by atoms with E-state index in [4.69, 9.17) is 14.2 Å². The van der Waals surface area contributed by atoms with E-state index in [1.54, 1.807) is 0 Å². The van der Waals surface area contributed by atoms with Crippen LogP contribution >= 0.6 is 15.9 Å². The molecule has 0 fully saturated rings. The van der Waals surface area contributed by atoms with Gasteiger partial charge < -0.3 is 24.3 Å². The molecular formula is C17H18BrNO6. The Kier molecular flexibility index (Phi) is 6.74. The third-order valence-corrected chi connectivity index (χ3v) is 4.28. The lowest BCUT2D eigenvalue weighted by atomic mass is 10.2. The first kappa shape index (κ1) is 19.2. The van der Waals surface area contributed by atoms with Gasteiger partial charge in [-0.15, -0.1) is 0 Å². The molecule has 2 aromatic rings. The minimum absolute atomic E-state index is 0.0186. The smallest absolute Gasteiger partial charge is 0.358 e. The van der Waals surface area contributed by atoms with Gasteiger partial charge in [0, 0.05) is 19.2 Å². The summed E-state index contributed by atoms with van der Waals surface area (Å²) < 4.78 is 15.2. The Labute approximate surface area is 152 Å². The minimum Gasteiger partial charge on any atom is -0.482 e. The largest absolute Gasteiger partial charge is 0.482 e. The maximum Gasteiger partial charge on any atom is 0.358 e. The molecule has 7 nitrogen and oxygen atoms in total. The molecule has 0 aliphatic heterocycles. The van der Waals surface area contributed by atoms with Crippen LogP contribution in [0, 0.1) is 0 Å². The zero-order valence-corrected chi connectivity index (χ0v) is 15.3. The van der Waals surface area contributed by atoms with Gasteiger partial charge in [0.25, 0.3) is 0 Å². The SMILES string of the molecule is COC(=O)c1[nH]c(CC(O)OC)c(Br)c(=O)c1OCc1ccccc1. The van der Waals surface area contributed by atoms with E-state index in [1.165, 1.54) is 14.2 Å². The second kappa shape index (κ2) is 8.80. The molecule has 0 saturated carbocycles. The maximum atomic E-state index is 12.6. The summed E-state index contributed by atoms with van der Waals surface area (Å²) in [6.45, 7) is 0.112. The fourth-order valence-electron chi connectivity index (χ4n) is 2.12. The van der Waals surface area contributed by atoms with E-state index in [9.17, 15) is 14.7 Å². The summed E-state index contributed by atoms with van der Waals surface area (Å²) in [4.78, 5) is 27.4. The number of ether oxygens (including phenoxy) is 3. The number of benzene rings is 1. The predicted octanol–water partition coefficient (Wildman–Crippen LogP) is 2.01. The van der Waals surface area contributed by atoms with E-state index in [0.29, 0.717) is 5.69 Å². The quantitative estimate of drug-likeness (QED) is 0.534. The van der Waals surface area contributed by atoms with E-state index >= 15 is 0 Å². The molecule has 1 aromatic carbocycles. The van der Waals surface area contributed by atoms with Crippen molar-refractivity contribution in [3.63, 3.8) is 0 Å². The summed E-state index contributed by atoms with van der Waals surface area (Å²) in [7, 11) is 2.53. The van der Waals surface area contributed by atoms with Crippen LogP contribution in [-0.4, -0.2) is 36.6 Å². The van der Waals surface area contributed by atoms with Crippen molar-refractivity contribution in [2.45, 2.75) is 19.3 Å². The number of pyridine rings is 1. The lowest BCUT2D eigenvalue weighted by Crippen LogP contribution is -2.22. The van der Waals surface area contributed by atoms with Gasteiger partial charge in [-0.25, -0.2) is 4.79 Å². The van der Waals surface area contributed by atoms with Crippen LogP contribution in [0.5, 0.6) is 5.75 Å². The molecule has 8 heteroatoms. The van der Waals surface area contributed by atoms with Crippen LogP contribution in [0.1, 0.15) is 21.7 Å². The van der Waals surface area contributed by atoms with Gasteiger partial charge in [-0.3, -0.25) is 4.79 Å². The molecule has 1 unspecified atom stereocenters. The Morgan fingerprint density at radius 1 is 1.28 bits per heavy atom. The van der Waals surface area contributed by atoms with E-state index < -0.39 is 17.7 Å². The molecular weight excluding hydrogens is 394 g/mol. The highest BCUT2D eigenvalue weighted by Gasteiger charge is 2.23.